The second-order valence-electron chi connectivity index (χ2n) is 4.58. The minimum atomic E-state index is -0.151. The van der Waals surface area contributed by atoms with E-state index in [2.05, 4.69) is 16.1 Å². The standard InChI is InChI=1S/C14H16N2O2/c1-18-14(17)7-11-6-13(16-9-11)12-4-2-10(8-15)3-5-12/h2-5,11,13,16H,6-7,9H2,1H3. The van der Waals surface area contributed by atoms with Gasteiger partial charge in [0.2, 0.25) is 0 Å². The minimum Gasteiger partial charge on any atom is -0.469 e. The first kappa shape index (κ1) is 12.6. The smallest absolute Gasteiger partial charge is 0.305 e. The number of rotatable bonds is 3. The molecule has 1 aliphatic rings. The number of methoxy groups -OCH3 is 1. The lowest BCUT2D eigenvalue weighted by atomic mass is 9.97. The second kappa shape index (κ2) is 5.65. The van der Waals surface area contributed by atoms with E-state index in [1.54, 1.807) is 0 Å². The van der Waals surface area contributed by atoms with Crippen molar-refractivity contribution in [3.63, 3.8) is 0 Å². The van der Waals surface area contributed by atoms with Crippen LogP contribution in [0.25, 0.3) is 0 Å². The Hall–Kier alpha value is -1.86. The summed E-state index contributed by atoms with van der Waals surface area (Å²) in [6, 6.07) is 9.96. The van der Waals surface area contributed by atoms with Crippen molar-refractivity contribution in [2.24, 2.45) is 5.92 Å². The third-order valence-corrected chi connectivity index (χ3v) is 3.35. The predicted molar refractivity (Wildman–Crippen MR) is 66.6 cm³/mol. The lowest BCUT2D eigenvalue weighted by molar-refractivity contribution is -0.141. The van der Waals surface area contributed by atoms with Crippen molar-refractivity contribution in [2.45, 2.75) is 18.9 Å². The van der Waals surface area contributed by atoms with Gasteiger partial charge >= 0.3 is 5.97 Å². The van der Waals surface area contributed by atoms with Gasteiger partial charge < -0.3 is 10.1 Å². The molecule has 94 valence electrons. The normalized spacial score (nSPS) is 22.4. The highest BCUT2D eigenvalue weighted by atomic mass is 16.5. The number of carbonyl (C=O) groups is 1. The second-order valence-corrected chi connectivity index (χ2v) is 4.58. The van der Waals surface area contributed by atoms with Gasteiger partial charge in [-0.2, -0.15) is 5.26 Å². The predicted octanol–water partition coefficient (Wildman–Crippen LogP) is 1.77. The molecule has 0 radical (unpaired) electrons. The van der Waals surface area contributed by atoms with E-state index >= 15 is 0 Å². The highest BCUT2D eigenvalue weighted by Crippen LogP contribution is 2.29. The maximum atomic E-state index is 11.2. The van der Waals surface area contributed by atoms with Crippen LogP contribution < -0.4 is 5.32 Å². The van der Waals surface area contributed by atoms with Crippen LogP contribution in [0, 0.1) is 17.2 Å². The van der Waals surface area contributed by atoms with Gasteiger partial charge in [0.05, 0.1) is 18.7 Å². The molecule has 0 bridgehead atoms. The van der Waals surface area contributed by atoms with Gasteiger partial charge in [-0.3, -0.25) is 4.79 Å². The van der Waals surface area contributed by atoms with E-state index < -0.39 is 0 Å². The summed E-state index contributed by atoms with van der Waals surface area (Å²) in [5.74, 6) is 0.181. The molecule has 0 aromatic heterocycles. The molecule has 2 atom stereocenters. The number of nitrogens with zero attached hydrogens (tertiary/aromatic N) is 1. The summed E-state index contributed by atoms with van der Waals surface area (Å²) in [4.78, 5) is 11.2. The molecule has 0 amide bonds. The largest absolute Gasteiger partial charge is 0.469 e. The molecule has 4 nitrogen and oxygen atoms in total. The number of carbonyl (C=O) groups excluding carboxylic acids is 1. The van der Waals surface area contributed by atoms with E-state index in [4.69, 9.17) is 5.26 Å². The van der Waals surface area contributed by atoms with Gasteiger partial charge in [-0.1, -0.05) is 12.1 Å². The van der Waals surface area contributed by atoms with Crippen molar-refractivity contribution in [2.75, 3.05) is 13.7 Å². The molecule has 18 heavy (non-hydrogen) atoms. The molecule has 2 rings (SSSR count). The van der Waals surface area contributed by atoms with E-state index in [0.717, 1.165) is 13.0 Å². The number of benzene rings is 1. The van der Waals surface area contributed by atoms with Crippen molar-refractivity contribution < 1.29 is 9.53 Å². The lowest BCUT2D eigenvalue weighted by Crippen LogP contribution is -2.15. The van der Waals surface area contributed by atoms with Crippen LogP contribution in [-0.2, 0) is 9.53 Å². The summed E-state index contributed by atoms with van der Waals surface area (Å²) in [5.41, 5.74) is 1.84. The quantitative estimate of drug-likeness (QED) is 0.823. The Balaban J connectivity index is 1.95. The fourth-order valence-electron chi connectivity index (χ4n) is 2.33. The van der Waals surface area contributed by atoms with Crippen LogP contribution in [0.3, 0.4) is 0 Å². The molecular formula is C14H16N2O2. The topological polar surface area (TPSA) is 62.1 Å². The van der Waals surface area contributed by atoms with Gasteiger partial charge in [0.25, 0.3) is 0 Å². The van der Waals surface area contributed by atoms with Crippen LogP contribution in [0.4, 0.5) is 0 Å². The Morgan fingerprint density at radius 1 is 1.50 bits per heavy atom. The first-order valence-electron chi connectivity index (χ1n) is 6.03. The highest BCUT2D eigenvalue weighted by Gasteiger charge is 2.27. The fourth-order valence-corrected chi connectivity index (χ4v) is 2.33. The Kier molecular flexibility index (Phi) is 3.96. The number of nitrogens with one attached hydrogen (secondary N) is 1. The van der Waals surface area contributed by atoms with E-state index in [0.29, 0.717) is 17.9 Å². The molecular weight excluding hydrogens is 228 g/mol. The first-order valence-corrected chi connectivity index (χ1v) is 6.03. The van der Waals surface area contributed by atoms with Gasteiger partial charge in [0.15, 0.2) is 0 Å². The van der Waals surface area contributed by atoms with Crippen molar-refractivity contribution >= 4 is 5.97 Å². The van der Waals surface area contributed by atoms with Gasteiger partial charge in [0.1, 0.15) is 0 Å². The average Bonchev–Trinajstić information content (AvgIpc) is 2.87. The van der Waals surface area contributed by atoms with Gasteiger partial charge in [0, 0.05) is 12.5 Å². The molecule has 1 fully saturated rings. The molecule has 1 heterocycles. The Bertz CT molecular complexity index is 462. The van der Waals surface area contributed by atoms with Gasteiger partial charge in [-0.05, 0) is 36.6 Å². The zero-order chi connectivity index (χ0) is 13.0. The molecule has 2 unspecified atom stereocenters. The Morgan fingerprint density at radius 2 is 2.22 bits per heavy atom. The van der Waals surface area contributed by atoms with Crippen LogP contribution in [0.5, 0.6) is 0 Å². The molecule has 1 N–H and O–H groups in total. The number of ether oxygens (including phenoxy) is 1. The summed E-state index contributed by atoms with van der Waals surface area (Å²) in [5, 5.41) is 12.1. The third-order valence-electron chi connectivity index (χ3n) is 3.35. The Labute approximate surface area is 107 Å². The summed E-state index contributed by atoms with van der Waals surface area (Å²) < 4.78 is 4.68. The first-order chi connectivity index (χ1) is 8.72. The van der Waals surface area contributed by atoms with Crippen molar-refractivity contribution in [1.82, 2.24) is 5.32 Å². The van der Waals surface area contributed by atoms with Crippen LogP contribution in [0.1, 0.15) is 30.0 Å². The zero-order valence-corrected chi connectivity index (χ0v) is 10.3. The summed E-state index contributed by atoms with van der Waals surface area (Å²) in [7, 11) is 1.42. The van der Waals surface area contributed by atoms with Crippen LogP contribution in [0.15, 0.2) is 24.3 Å². The van der Waals surface area contributed by atoms with Gasteiger partial charge in [-0.25, -0.2) is 0 Å². The van der Waals surface area contributed by atoms with Crippen molar-refractivity contribution in [3.8, 4) is 6.07 Å². The van der Waals surface area contributed by atoms with E-state index in [1.165, 1.54) is 12.7 Å². The van der Waals surface area contributed by atoms with E-state index in [1.807, 2.05) is 24.3 Å². The van der Waals surface area contributed by atoms with E-state index in [-0.39, 0.29) is 12.0 Å². The SMILES string of the molecule is COC(=O)CC1CNC(c2ccc(C#N)cc2)C1. The third kappa shape index (κ3) is 2.88. The number of hydrogen-bond acceptors (Lipinski definition) is 4. The van der Waals surface area contributed by atoms with Crippen molar-refractivity contribution in [1.29, 1.82) is 5.26 Å². The summed E-state index contributed by atoms with van der Waals surface area (Å²) >= 11 is 0. The molecule has 1 aromatic carbocycles. The maximum absolute atomic E-state index is 11.2. The van der Waals surface area contributed by atoms with Crippen molar-refractivity contribution in [3.05, 3.63) is 35.4 Å². The Morgan fingerprint density at radius 3 is 2.83 bits per heavy atom. The van der Waals surface area contributed by atoms with E-state index in [9.17, 15) is 4.79 Å². The molecule has 0 saturated carbocycles. The molecule has 1 aliphatic heterocycles. The number of hydrogen-bond donors (Lipinski definition) is 1. The van der Waals surface area contributed by atoms with Crippen LogP contribution in [0.2, 0.25) is 0 Å². The molecule has 0 spiro atoms. The molecule has 4 heteroatoms. The molecule has 1 saturated heterocycles. The van der Waals surface area contributed by atoms with Crippen LogP contribution >= 0.6 is 0 Å². The summed E-state index contributed by atoms with van der Waals surface area (Å²) in [6.07, 6.45) is 1.40. The zero-order valence-electron chi connectivity index (χ0n) is 10.3. The number of esters is 1. The lowest BCUT2D eigenvalue weighted by Gasteiger charge is -2.10. The number of nitriles is 1. The monoisotopic (exact) mass is 244 g/mol. The molecule has 1 aromatic rings. The molecule has 0 aliphatic carbocycles. The minimum absolute atomic E-state index is 0.151. The average molecular weight is 244 g/mol. The van der Waals surface area contributed by atoms with Gasteiger partial charge in [-0.15, -0.1) is 0 Å². The fraction of sp³-hybridized carbons (Fsp3) is 0.429. The highest BCUT2D eigenvalue weighted by molar-refractivity contribution is 5.69. The summed E-state index contributed by atoms with van der Waals surface area (Å²) in [6.45, 7) is 0.833. The van der Waals surface area contributed by atoms with Crippen LogP contribution in [-0.4, -0.2) is 19.6 Å². The maximum Gasteiger partial charge on any atom is 0.305 e.